The van der Waals surface area contributed by atoms with Gasteiger partial charge in [0.25, 0.3) is 0 Å². The largest absolute Gasteiger partial charge is 0.493 e. The summed E-state index contributed by atoms with van der Waals surface area (Å²) < 4.78 is 25.4. The Labute approximate surface area is 173 Å². The smallest absolute Gasteiger partial charge is 0.175 e. The minimum atomic E-state index is -0.364. The molecule has 2 aromatic rings. The van der Waals surface area contributed by atoms with Crippen molar-refractivity contribution < 1.29 is 13.9 Å². The fourth-order valence-electron chi connectivity index (χ4n) is 3.37. The topological polar surface area (TPSA) is 30.5 Å². The maximum atomic E-state index is 13.2. The Morgan fingerprint density at radius 3 is 2.67 bits per heavy atom. The highest BCUT2D eigenvalue weighted by Crippen LogP contribution is 2.37. The molecule has 3 rings (SSSR count). The van der Waals surface area contributed by atoms with Crippen LogP contribution in [-0.2, 0) is 13.2 Å². The van der Waals surface area contributed by atoms with Crippen molar-refractivity contribution in [3.05, 3.63) is 56.8 Å². The van der Waals surface area contributed by atoms with Gasteiger partial charge in [-0.25, -0.2) is 4.39 Å². The van der Waals surface area contributed by atoms with Crippen LogP contribution in [0.4, 0.5) is 4.39 Å². The molecule has 0 aliphatic heterocycles. The molecule has 0 radical (unpaired) electrons. The Balaban J connectivity index is 1.67. The molecule has 3 nitrogen and oxygen atoms in total. The maximum Gasteiger partial charge on any atom is 0.175 e. The number of nitrogens with one attached hydrogen (secondary N) is 1. The van der Waals surface area contributed by atoms with E-state index in [4.69, 9.17) is 21.1 Å². The van der Waals surface area contributed by atoms with Crippen molar-refractivity contribution in [1.29, 1.82) is 0 Å². The van der Waals surface area contributed by atoms with Crippen molar-refractivity contribution in [3.63, 3.8) is 0 Å². The van der Waals surface area contributed by atoms with Gasteiger partial charge in [0.2, 0.25) is 0 Å². The highest BCUT2D eigenvalue weighted by atomic mass is 79.9. The Bertz CT molecular complexity index is 781. The zero-order valence-electron chi connectivity index (χ0n) is 15.4. The first-order chi connectivity index (χ1) is 13.1. The third kappa shape index (κ3) is 5.59. The normalized spacial score (nSPS) is 15.0. The fraction of sp³-hybridized carbons (Fsp3) is 0.429. The van der Waals surface area contributed by atoms with Gasteiger partial charge in [0.1, 0.15) is 12.4 Å². The number of hydrogen-bond donors (Lipinski definition) is 1. The molecular weight excluding hydrogens is 433 g/mol. The molecule has 0 saturated heterocycles. The van der Waals surface area contributed by atoms with Gasteiger partial charge in [-0.1, -0.05) is 36.9 Å². The van der Waals surface area contributed by atoms with Gasteiger partial charge in [-0.3, -0.25) is 0 Å². The lowest BCUT2D eigenvalue weighted by Crippen LogP contribution is -2.30. The van der Waals surface area contributed by atoms with Crippen LogP contribution in [0.25, 0.3) is 0 Å². The minimum Gasteiger partial charge on any atom is -0.493 e. The third-order valence-corrected chi connectivity index (χ3v) is 5.82. The van der Waals surface area contributed by atoms with Crippen molar-refractivity contribution >= 4 is 27.5 Å². The van der Waals surface area contributed by atoms with Crippen LogP contribution in [-0.4, -0.2) is 13.2 Å². The zero-order chi connectivity index (χ0) is 19.2. The van der Waals surface area contributed by atoms with Gasteiger partial charge in [-0.2, -0.15) is 0 Å². The zero-order valence-corrected chi connectivity index (χ0v) is 17.7. The summed E-state index contributed by atoms with van der Waals surface area (Å²) in [5, 5.41) is 3.98. The Hall–Kier alpha value is -1.30. The average Bonchev–Trinajstić information content (AvgIpc) is 2.67. The third-order valence-electron chi connectivity index (χ3n) is 4.88. The summed E-state index contributed by atoms with van der Waals surface area (Å²) in [5.41, 5.74) is 1.85. The molecule has 146 valence electrons. The van der Waals surface area contributed by atoms with Gasteiger partial charge >= 0.3 is 0 Å². The molecule has 1 N–H and O–H groups in total. The Morgan fingerprint density at radius 1 is 1.19 bits per heavy atom. The van der Waals surface area contributed by atoms with Crippen molar-refractivity contribution in [3.8, 4) is 11.5 Å². The predicted octanol–water partition coefficient (Wildman–Crippen LogP) is 6.25. The first-order valence-electron chi connectivity index (χ1n) is 9.23. The molecule has 2 aromatic carbocycles. The van der Waals surface area contributed by atoms with E-state index in [0.29, 0.717) is 22.6 Å². The molecule has 27 heavy (non-hydrogen) atoms. The van der Waals surface area contributed by atoms with Gasteiger partial charge in [-0.15, -0.1) is 0 Å². The van der Waals surface area contributed by atoms with E-state index in [0.717, 1.165) is 22.1 Å². The fourth-order valence-corrected chi connectivity index (χ4v) is 4.20. The summed E-state index contributed by atoms with van der Waals surface area (Å²) in [7, 11) is 1.62. The van der Waals surface area contributed by atoms with Crippen LogP contribution >= 0.6 is 27.5 Å². The summed E-state index contributed by atoms with van der Waals surface area (Å²) in [5.74, 6) is 0.902. The molecule has 0 atom stereocenters. The molecular formula is C21H24BrClFNO2. The van der Waals surface area contributed by atoms with Crippen molar-refractivity contribution in [2.24, 2.45) is 0 Å². The van der Waals surface area contributed by atoms with E-state index in [2.05, 4.69) is 21.2 Å². The van der Waals surface area contributed by atoms with E-state index in [-0.39, 0.29) is 12.4 Å². The first-order valence-corrected chi connectivity index (χ1v) is 10.4. The van der Waals surface area contributed by atoms with Gasteiger partial charge in [0, 0.05) is 18.2 Å². The molecule has 1 fully saturated rings. The highest BCUT2D eigenvalue weighted by molar-refractivity contribution is 9.10. The number of rotatable bonds is 7. The summed E-state index contributed by atoms with van der Waals surface area (Å²) in [6.07, 6.45) is 6.46. The van der Waals surface area contributed by atoms with E-state index in [1.165, 1.54) is 44.2 Å². The molecule has 0 spiro atoms. The Morgan fingerprint density at radius 2 is 1.96 bits per heavy atom. The second kappa shape index (κ2) is 9.76. The molecule has 0 aromatic heterocycles. The average molecular weight is 457 g/mol. The molecule has 0 amide bonds. The van der Waals surface area contributed by atoms with Crippen LogP contribution in [0.15, 0.2) is 34.8 Å². The van der Waals surface area contributed by atoms with Gasteiger partial charge in [-0.05, 0) is 58.6 Å². The van der Waals surface area contributed by atoms with E-state index in [1.54, 1.807) is 13.2 Å². The lowest BCUT2D eigenvalue weighted by Gasteiger charge is -2.23. The van der Waals surface area contributed by atoms with Gasteiger partial charge < -0.3 is 14.8 Å². The highest BCUT2D eigenvalue weighted by Gasteiger charge is 2.16. The second-order valence-electron chi connectivity index (χ2n) is 6.85. The van der Waals surface area contributed by atoms with E-state index < -0.39 is 0 Å². The summed E-state index contributed by atoms with van der Waals surface area (Å²) in [4.78, 5) is 0. The molecule has 1 aliphatic rings. The van der Waals surface area contributed by atoms with Crippen LogP contribution < -0.4 is 14.8 Å². The molecule has 1 aliphatic carbocycles. The van der Waals surface area contributed by atoms with Crippen LogP contribution in [0, 0.1) is 5.82 Å². The quantitative estimate of drug-likeness (QED) is 0.534. The molecule has 0 heterocycles. The monoisotopic (exact) mass is 455 g/mol. The molecule has 6 heteroatoms. The lowest BCUT2D eigenvalue weighted by atomic mass is 9.95. The van der Waals surface area contributed by atoms with E-state index in [1.807, 2.05) is 12.1 Å². The standard InChI is InChI=1S/C21H24BrClFNO2/c1-26-20-10-14(12-25-17-5-3-2-4-6-17)9-18(22)21(20)27-13-15-7-8-16(24)11-19(15)23/h7-11,17,25H,2-6,12-13H2,1H3. The summed E-state index contributed by atoms with van der Waals surface area (Å²) in [6.45, 7) is 1.03. The number of ether oxygens (including phenoxy) is 2. The number of hydrogen-bond acceptors (Lipinski definition) is 3. The molecule has 0 bridgehead atoms. The molecule has 0 unspecified atom stereocenters. The Kier molecular flexibility index (Phi) is 7.39. The van der Waals surface area contributed by atoms with Crippen LogP contribution in [0.1, 0.15) is 43.2 Å². The first kappa shape index (κ1) is 20.4. The number of benzene rings is 2. The van der Waals surface area contributed by atoms with Gasteiger partial charge in [0.15, 0.2) is 11.5 Å². The van der Waals surface area contributed by atoms with Crippen LogP contribution in [0.5, 0.6) is 11.5 Å². The van der Waals surface area contributed by atoms with Crippen molar-refractivity contribution in [1.82, 2.24) is 5.32 Å². The SMILES string of the molecule is COc1cc(CNC2CCCCC2)cc(Br)c1OCc1ccc(F)cc1Cl. The van der Waals surface area contributed by atoms with E-state index >= 15 is 0 Å². The van der Waals surface area contributed by atoms with Crippen LogP contribution in [0.3, 0.4) is 0 Å². The number of halogens is 3. The second-order valence-corrected chi connectivity index (χ2v) is 8.11. The maximum absolute atomic E-state index is 13.2. The van der Waals surface area contributed by atoms with Gasteiger partial charge in [0.05, 0.1) is 16.6 Å². The van der Waals surface area contributed by atoms with Crippen LogP contribution in [0.2, 0.25) is 5.02 Å². The predicted molar refractivity (Wildman–Crippen MR) is 110 cm³/mol. The van der Waals surface area contributed by atoms with Crippen molar-refractivity contribution in [2.75, 3.05) is 7.11 Å². The number of methoxy groups -OCH3 is 1. The van der Waals surface area contributed by atoms with E-state index in [9.17, 15) is 4.39 Å². The summed E-state index contributed by atoms with van der Waals surface area (Å²) >= 11 is 9.66. The minimum absolute atomic E-state index is 0.230. The summed E-state index contributed by atoms with van der Waals surface area (Å²) in [6, 6.07) is 8.91. The molecule has 1 saturated carbocycles. The lowest BCUT2D eigenvalue weighted by molar-refractivity contribution is 0.282. The van der Waals surface area contributed by atoms with Crippen molar-refractivity contribution in [2.45, 2.75) is 51.3 Å².